The minimum atomic E-state index is -4.12. The van der Waals surface area contributed by atoms with E-state index in [0.717, 1.165) is 25.1 Å². The largest absolute Gasteiger partial charge is 0.379 e. The molecule has 1 atom stereocenters. The molecule has 2 aromatic rings. The molecule has 0 radical (unpaired) electrons. The molecule has 2 aromatic carbocycles. The van der Waals surface area contributed by atoms with Crippen molar-refractivity contribution in [3.8, 4) is 5.75 Å². The van der Waals surface area contributed by atoms with Crippen LogP contribution in [0.3, 0.4) is 0 Å². The predicted molar refractivity (Wildman–Crippen MR) is 94.7 cm³/mol. The van der Waals surface area contributed by atoms with Gasteiger partial charge < -0.3 is 14.4 Å². The molecule has 1 saturated heterocycles. The minimum absolute atomic E-state index is 0.0351. The SMILES string of the molecule is O=C1Nc2c(ccc(S(=O)(=O)Oc3ccccc3)c2Cl)N2CCCC12. The highest BCUT2D eigenvalue weighted by Crippen LogP contribution is 2.43. The standard InChI is InChI=1S/C17H15ClN2O4S/c18-15-14(25(22,23)24-11-5-2-1-3-6-11)9-8-12-16(15)19-17(21)13-7-4-10-20(12)13/h1-3,5-6,8-9,13H,4,7,10H2,(H,19,21). The summed E-state index contributed by atoms with van der Waals surface area (Å²) in [6, 6.07) is 11.1. The van der Waals surface area contributed by atoms with Gasteiger partial charge >= 0.3 is 10.1 Å². The van der Waals surface area contributed by atoms with Gasteiger partial charge in [0.15, 0.2) is 0 Å². The van der Waals surface area contributed by atoms with Crippen molar-refractivity contribution < 1.29 is 17.4 Å². The molecular weight excluding hydrogens is 364 g/mol. The van der Waals surface area contributed by atoms with Crippen LogP contribution in [-0.4, -0.2) is 26.9 Å². The molecule has 2 aliphatic rings. The molecule has 0 aromatic heterocycles. The van der Waals surface area contributed by atoms with E-state index in [9.17, 15) is 13.2 Å². The Bertz CT molecular complexity index is 947. The third kappa shape index (κ3) is 2.73. The van der Waals surface area contributed by atoms with Crippen LogP contribution in [0.15, 0.2) is 47.4 Å². The number of nitrogens with zero attached hydrogens (tertiary/aromatic N) is 1. The first-order chi connectivity index (χ1) is 12.0. The summed E-state index contributed by atoms with van der Waals surface area (Å²) in [5.74, 6) is 0.0327. The fourth-order valence-electron chi connectivity index (χ4n) is 3.28. The van der Waals surface area contributed by atoms with E-state index in [-0.39, 0.29) is 27.6 Å². The molecule has 2 aliphatic heterocycles. The van der Waals surface area contributed by atoms with E-state index in [1.54, 1.807) is 36.4 Å². The van der Waals surface area contributed by atoms with Gasteiger partial charge in [0, 0.05) is 6.54 Å². The lowest BCUT2D eigenvalue weighted by molar-refractivity contribution is -0.117. The van der Waals surface area contributed by atoms with E-state index in [4.69, 9.17) is 15.8 Å². The summed E-state index contributed by atoms with van der Waals surface area (Å²) < 4.78 is 30.3. The Balaban J connectivity index is 1.75. The van der Waals surface area contributed by atoms with Crippen LogP contribution in [0.25, 0.3) is 0 Å². The molecule has 6 nitrogen and oxygen atoms in total. The van der Waals surface area contributed by atoms with E-state index in [1.807, 2.05) is 4.90 Å². The number of carbonyl (C=O) groups is 1. The second-order valence-corrected chi connectivity index (χ2v) is 7.86. The summed E-state index contributed by atoms with van der Waals surface area (Å²) >= 11 is 6.33. The van der Waals surface area contributed by atoms with Crippen molar-refractivity contribution in [1.82, 2.24) is 0 Å². The Morgan fingerprint density at radius 2 is 1.92 bits per heavy atom. The van der Waals surface area contributed by atoms with Gasteiger partial charge in [-0.1, -0.05) is 29.8 Å². The highest BCUT2D eigenvalue weighted by molar-refractivity contribution is 7.87. The number of carbonyl (C=O) groups excluding carboxylic acids is 1. The Labute approximate surface area is 150 Å². The van der Waals surface area contributed by atoms with Gasteiger partial charge in [-0.15, -0.1) is 0 Å². The molecule has 4 rings (SSSR count). The zero-order chi connectivity index (χ0) is 17.6. The van der Waals surface area contributed by atoms with Gasteiger partial charge in [0.05, 0.1) is 16.4 Å². The summed E-state index contributed by atoms with van der Waals surface area (Å²) in [6.45, 7) is 0.744. The molecule has 1 N–H and O–H groups in total. The molecule has 1 amide bonds. The first-order valence-corrected chi connectivity index (χ1v) is 9.65. The van der Waals surface area contributed by atoms with Gasteiger partial charge in [0.1, 0.15) is 16.7 Å². The molecule has 0 bridgehead atoms. The Morgan fingerprint density at radius 1 is 1.16 bits per heavy atom. The number of amides is 1. The predicted octanol–water partition coefficient (Wildman–Crippen LogP) is 3.03. The lowest BCUT2D eigenvalue weighted by Crippen LogP contribution is -2.44. The van der Waals surface area contributed by atoms with Crippen molar-refractivity contribution in [1.29, 1.82) is 0 Å². The summed E-state index contributed by atoms with van der Waals surface area (Å²) in [5.41, 5.74) is 1.06. The van der Waals surface area contributed by atoms with E-state index in [2.05, 4.69) is 5.32 Å². The molecule has 8 heteroatoms. The number of rotatable bonds is 3. The number of hydrogen-bond donors (Lipinski definition) is 1. The molecule has 1 unspecified atom stereocenters. The topological polar surface area (TPSA) is 75.7 Å². The van der Waals surface area contributed by atoms with Crippen LogP contribution >= 0.6 is 11.6 Å². The van der Waals surface area contributed by atoms with Crippen molar-refractivity contribution in [3.63, 3.8) is 0 Å². The number of anilines is 2. The average molecular weight is 379 g/mol. The lowest BCUT2D eigenvalue weighted by Gasteiger charge is -2.33. The van der Waals surface area contributed by atoms with Crippen molar-refractivity contribution in [2.45, 2.75) is 23.8 Å². The zero-order valence-corrected chi connectivity index (χ0v) is 14.7. The second-order valence-electron chi connectivity index (χ2n) is 5.96. The van der Waals surface area contributed by atoms with Crippen LogP contribution < -0.4 is 14.4 Å². The maximum Gasteiger partial charge on any atom is 0.340 e. The normalized spacial score (nSPS) is 19.2. The van der Waals surface area contributed by atoms with E-state index >= 15 is 0 Å². The van der Waals surface area contributed by atoms with Gasteiger partial charge in [-0.3, -0.25) is 4.79 Å². The van der Waals surface area contributed by atoms with Crippen molar-refractivity contribution >= 4 is 39.0 Å². The zero-order valence-electron chi connectivity index (χ0n) is 13.1. The first kappa shape index (κ1) is 16.2. The Morgan fingerprint density at radius 3 is 2.68 bits per heavy atom. The van der Waals surface area contributed by atoms with Crippen LogP contribution in [0.4, 0.5) is 11.4 Å². The molecular formula is C17H15ClN2O4S. The highest BCUT2D eigenvalue weighted by Gasteiger charge is 2.38. The van der Waals surface area contributed by atoms with E-state index < -0.39 is 10.1 Å². The highest BCUT2D eigenvalue weighted by atomic mass is 35.5. The van der Waals surface area contributed by atoms with E-state index in [1.165, 1.54) is 6.07 Å². The number of hydrogen-bond acceptors (Lipinski definition) is 5. The van der Waals surface area contributed by atoms with Crippen LogP contribution in [0.5, 0.6) is 5.75 Å². The number of halogens is 1. The Hall–Kier alpha value is -2.25. The molecule has 130 valence electrons. The first-order valence-electron chi connectivity index (χ1n) is 7.87. The third-order valence-electron chi connectivity index (χ3n) is 4.42. The third-order valence-corrected chi connectivity index (χ3v) is 6.21. The summed E-state index contributed by atoms with van der Waals surface area (Å²) in [6.07, 6.45) is 1.69. The summed E-state index contributed by atoms with van der Waals surface area (Å²) in [4.78, 5) is 14.0. The molecule has 25 heavy (non-hydrogen) atoms. The summed E-state index contributed by atoms with van der Waals surface area (Å²) in [5, 5.41) is 2.71. The van der Waals surface area contributed by atoms with Crippen molar-refractivity contribution in [2.24, 2.45) is 0 Å². The Kier molecular flexibility index (Phi) is 3.85. The van der Waals surface area contributed by atoms with Gasteiger partial charge in [-0.25, -0.2) is 0 Å². The maximum atomic E-state index is 12.6. The van der Waals surface area contributed by atoms with Crippen LogP contribution in [0.1, 0.15) is 12.8 Å². The fourth-order valence-corrected chi connectivity index (χ4v) is 4.78. The average Bonchev–Trinajstić information content (AvgIpc) is 3.07. The number of nitrogens with one attached hydrogen (secondary N) is 1. The number of fused-ring (bicyclic) bond motifs is 3. The van der Waals surface area contributed by atoms with Crippen LogP contribution in [0, 0.1) is 0 Å². The van der Waals surface area contributed by atoms with Crippen LogP contribution in [0.2, 0.25) is 5.02 Å². The molecule has 2 heterocycles. The maximum absolute atomic E-state index is 12.6. The second kappa shape index (κ2) is 5.93. The number of benzene rings is 2. The minimum Gasteiger partial charge on any atom is -0.379 e. The molecule has 0 aliphatic carbocycles. The lowest BCUT2D eigenvalue weighted by atomic mass is 10.1. The van der Waals surface area contributed by atoms with E-state index in [0.29, 0.717) is 5.69 Å². The molecule has 0 spiro atoms. The monoisotopic (exact) mass is 378 g/mol. The van der Waals surface area contributed by atoms with Gasteiger partial charge in [0.2, 0.25) is 5.91 Å². The van der Waals surface area contributed by atoms with Gasteiger partial charge in [-0.2, -0.15) is 8.42 Å². The number of para-hydroxylation sites is 1. The van der Waals surface area contributed by atoms with Crippen LogP contribution in [-0.2, 0) is 14.9 Å². The summed E-state index contributed by atoms with van der Waals surface area (Å²) in [7, 11) is -4.12. The smallest absolute Gasteiger partial charge is 0.340 e. The van der Waals surface area contributed by atoms with Gasteiger partial charge in [0.25, 0.3) is 0 Å². The van der Waals surface area contributed by atoms with Crippen molar-refractivity contribution in [3.05, 3.63) is 47.5 Å². The van der Waals surface area contributed by atoms with Crippen molar-refractivity contribution in [2.75, 3.05) is 16.8 Å². The van der Waals surface area contributed by atoms with Gasteiger partial charge in [-0.05, 0) is 37.1 Å². The fraction of sp³-hybridized carbons (Fsp3) is 0.235. The molecule has 1 fully saturated rings. The quantitative estimate of drug-likeness (QED) is 0.831. The molecule has 0 saturated carbocycles.